The van der Waals surface area contributed by atoms with Crippen LogP contribution in [0.2, 0.25) is 36.3 Å². The monoisotopic (exact) mass is 470 g/mol. The van der Waals surface area contributed by atoms with E-state index < -0.39 is 16.6 Å². The number of ether oxygens (including phenoxy) is 1. The quantitative estimate of drug-likeness (QED) is 0.173. The van der Waals surface area contributed by atoms with Gasteiger partial charge < -0.3 is 13.6 Å². The highest BCUT2D eigenvalue weighted by Crippen LogP contribution is 2.41. The van der Waals surface area contributed by atoms with Crippen molar-refractivity contribution in [2.75, 3.05) is 6.61 Å². The van der Waals surface area contributed by atoms with Gasteiger partial charge in [0.25, 0.3) is 0 Å². The van der Waals surface area contributed by atoms with Gasteiger partial charge in [0.2, 0.25) is 0 Å². The highest BCUT2D eigenvalue weighted by atomic mass is 28.4. The van der Waals surface area contributed by atoms with Crippen LogP contribution in [0.1, 0.15) is 82.1 Å². The fourth-order valence-corrected chi connectivity index (χ4v) is 6.50. The number of hydrogen-bond acceptors (Lipinski definition) is 3. The summed E-state index contributed by atoms with van der Waals surface area (Å²) in [6, 6.07) is 0. The number of rotatable bonds is 11. The lowest BCUT2D eigenvalue weighted by atomic mass is 9.93. The second-order valence-corrected chi connectivity index (χ2v) is 22.8. The average Bonchev–Trinajstić information content (AvgIpc) is 3.35. The summed E-state index contributed by atoms with van der Waals surface area (Å²) in [5.41, 5.74) is 1.46. The van der Waals surface area contributed by atoms with Crippen molar-refractivity contribution in [2.24, 2.45) is 11.8 Å². The van der Waals surface area contributed by atoms with E-state index in [-0.39, 0.29) is 22.3 Å². The van der Waals surface area contributed by atoms with Crippen molar-refractivity contribution in [1.82, 2.24) is 0 Å². The zero-order valence-corrected chi connectivity index (χ0v) is 25.3. The second kappa shape index (κ2) is 10.5. The first kappa shape index (κ1) is 29.1. The Kier molecular flexibility index (Phi) is 9.89. The molecule has 5 heteroatoms. The van der Waals surface area contributed by atoms with Crippen LogP contribution in [-0.2, 0) is 13.6 Å². The van der Waals surface area contributed by atoms with Crippen LogP contribution >= 0.6 is 0 Å². The topological polar surface area (TPSA) is 31.0 Å². The summed E-state index contributed by atoms with van der Waals surface area (Å²) in [7, 11) is -3.68. The summed E-state index contributed by atoms with van der Waals surface area (Å²) in [5, 5.41) is 0.422. The molecule has 5 atom stereocenters. The molecule has 0 radical (unpaired) electrons. The zero-order chi connectivity index (χ0) is 24.4. The van der Waals surface area contributed by atoms with Gasteiger partial charge in [-0.1, -0.05) is 67.0 Å². The molecule has 1 heterocycles. The maximum absolute atomic E-state index is 7.01. The lowest BCUT2D eigenvalue weighted by Crippen LogP contribution is -2.48. The molecule has 1 aliphatic rings. The molecule has 0 aromatic carbocycles. The summed E-state index contributed by atoms with van der Waals surface area (Å²) in [5.74, 6) is 0.968. The smallest absolute Gasteiger partial charge is 0.192 e. The summed E-state index contributed by atoms with van der Waals surface area (Å²) < 4.78 is 19.2. The molecule has 1 fully saturated rings. The molecule has 184 valence electrons. The van der Waals surface area contributed by atoms with Gasteiger partial charge in [0.15, 0.2) is 16.6 Å². The molecule has 0 aromatic rings. The largest absolute Gasteiger partial charge is 0.414 e. The van der Waals surface area contributed by atoms with Gasteiger partial charge >= 0.3 is 0 Å². The first-order valence-corrected chi connectivity index (χ1v) is 18.2. The van der Waals surface area contributed by atoms with Crippen LogP contribution in [0.3, 0.4) is 0 Å². The minimum atomic E-state index is -1.88. The SMILES string of the molecule is C/C(=C\[C@@H](C)[C@@H](C[C@@H](C)O[Si](C)(C)C(C)(C)C)O[Si](C)(C)C(C)(C)C)C[C@H](C)[C@H]1CO1. The van der Waals surface area contributed by atoms with E-state index in [2.05, 4.69) is 102 Å². The van der Waals surface area contributed by atoms with Gasteiger partial charge in [-0.25, -0.2) is 0 Å². The van der Waals surface area contributed by atoms with E-state index in [0.717, 1.165) is 19.4 Å². The Morgan fingerprint density at radius 3 is 1.81 bits per heavy atom. The second-order valence-electron chi connectivity index (χ2n) is 13.3. The van der Waals surface area contributed by atoms with Gasteiger partial charge in [-0.2, -0.15) is 0 Å². The fourth-order valence-electron chi connectivity index (χ4n) is 3.63. The molecule has 0 amide bonds. The zero-order valence-electron chi connectivity index (χ0n) is 23.3. The molecule has 1 saturated heterocycles. The Morgan fingerprint density at radius 1 is 0.935 bits per heavy atom. The highest BCUT2D eigenvalue weighted by Gasteiger charge is 2.42. The molecule has 0 aliphatic carbocycles. The highest BCUT2D eigenvalue weighted by molar-refractivity contribution is 6.74. The van der Waals surface area contributed by atoms with Crippen molar-refractivity contribution >= 4 is 16.6 Å². The van der Waals surface area contributed by atoms with Crippen molar-refractivity contribution < 1.29 is 13.6 Å². The lowest BCUT2D eigenvalue weighted by Gasteiger charge is -2.43. The number of hydrogen-bond donors (Lipinski definition) is 0. The van der Waals surface area contributed by atoms with Crippen molar-refractivity contribution in [3.8, 4) is 0 Å². The molecular weight excluding hydrogens is 416 g/mol. The van der Waals surface area contributed by atoms with Crippen molar-refractivity contribution in [3.63, 3.8) is 0 Å². The predicted octanol–water partition coefficient (Wildman–Crippen LogP) is 8.18. The van der Waals surface area contributed by atoms with E-state index in [1.807, 2.05) is 0 Å². The maximum atomic E-state index is 7.01. The van der Waals surface area contributed by atoms with E-state index in [9.17, 15) is 0 Å². The van der Waals surface area contributed by atoms with E-state index in [4.69, 9.17) is 13.6 Å². The molecule has 0 N–H and O–H groups in total. The van der Waals surface area contributed by atoms with Gasteiger partial charge in [-0.05, 0) is 74.8 Å². The normalized spacial score (nSPS) is 22.8. The van der Waals surface area contributed by atoms with Crippen LogP contribution in [0, 0.1) is 11.8 Å². The molecule has 1 rings (SSSR count). The molecule has 1 aliphatic heterocycles. The third-order valence-corrected chi connectivity index (χ3v) is 17.0. The van der Waals surface area contributed by atoms with Crippen LogP contribution in [0.4, 0.5) is 0 Å². The summed E-state index contributed by atoms with van der Waals surface area (Å²) >= 11 is 0. The van der Waals surface area contributed by atoms with Gasteiger partial charge in [-0.3, -0.25) is 0 Å². The summed E-state index contributed by atoms with van der Waals surface area (Å²) in [6.45, 7) is 33.5. The Morgan fingerprint density at radius 2 is 1.39 bits per heavy atom. The van der Waals surface area contributed by atoms with Crippen molar-refractivity contribution in [2.45, 2.75) is 137 Å². The summed E-state index contributed by atoms with van der Waals surface area (Å²) in [4.78, 5) is 0. The third kappa shape index (κ3) is 9.07. The minimum Gasteiger partial charge on any atom is -0.414 e. The maximum Gasteiger partial charge on any atom is 0.192 e. The van der Waals surface area contributed by atoms with Gasteiger partial charge in [0.05, 0.1) is 18.8 Å². The lowest BCUT2D eigenvalue weighted by molar-refractivity contribution is 0.0799. The Hall–Kier alpha value is 0.0538. The Balaban J connectivity index is 2.99. The molecule has 3 nitrogen and oxygen atoms in total. The number of epoxide rings is 1. The fraction of sp³-hybridized carbons (Fsp3) is 0.923. The van der Waals surface area contributed by atoms with Gasteiger partial charge in [-0.15, -0.1) is 0 Å². The van der Waals surface area contributed by atoms with E-state index in [0.29, 0.717) is 17.9 Å². The number of allylic oxidation sites excluding steroid dienone is 1. The Bertz CT molecular complexity index is 595. The average molecular weight is 471 g/mol. The van der Waals surface area contributed by atoms with Crippen LogP contribution in [0.15, 0.2) is 11.6 Å². The van der Waals surface area contributed by atoms with E-state index >= 15 is 0 Å². The minimum absolute atomic E-state index is 0.183. The van der Waals surface area contributed by atoms with Gasteiger partial charge in [0.1, 0.15) is 0 Å². The predicted molar refractivity (Wildman–Crippen MR) is 141 cm³/mol. The standard InChI is InChI=1S/C26H54O3Si2/c1-19(16-21(3)24-18-27-24)15-20(2)23(29-31(13,14)26(8,9)10)17-22(4)28-30(11,12)25(5,6)7/h15,20-24H,16-18H2,1-14H3/b19-15+/t20-,21+,22-,23-,24-/m1/s1. The molecule has 31 heavy (non-hydrogen) atoms. The molecule has 0 bridgehead atoms. The van der Waals surface area contributed by atoms with E-state index in [1.54, 1.807) is 0 Å². The van der Waals surface area contributed by atoms with Crippen LogP contribution in [-0.4, -0.2) is 41.6 Å². The molecule has 0 saturated carbocycles. The molecule has 0 unspecified atom stereocenters. The van der Waals surface area contributed by atoms with Gasteiger partial charge in [0, 0.05) is 6.10 Å². The first-order chi connectivity index (χ1) is 13.8. The van der Waals surface area contributed by atoms with Crippen molar-refractivity contribution in [3.05, 3.63) is 11.6 Å². The van der Waals surface area contributed by atoms with Crippen molar-refractivity contribution in [1.29, 1.82) is 0 Å². The van der Waals surface area contributed by atoms with Crippen LogP contribution < -0.4 is 0 Å². The molecule has 0 aromatic heterocycles. The third-order valence-electron chi connectivity index (χ3n) is 7.89. The Labute approximate surface area is 197 Å². The van der Waals surface area contributed by atoms with E-state index in [1.165, 1.54) is 5.57 Å². The first-order valence-electron chi connectivity index (χ1n) is 12.4. The van der Waals surface area contributed by atoms with Crippen LogP contribution in [0.5, 0.6) is 0 Å². The molecular formula is C26H54O3Si2. The molecule has 0 spiro atoms. The summed E-state index contributed by atoms with van der Waals surface area (Å²) in [6.07, 6.45) is 5.36. The van der Waals surface area contributed by atoms with Crippen LogP contribution in [0.25, 0.3) is 0 Å².